The third-order valence-electron chi connectivity index (χ3n) is 4.61. The molecule has 1 aliphatic rings. The molecule has 0 aliphatic heterocycles. The van der Waals surface area contributed by atoms with Crippen LogP contribution in [0.25, 0.3) is 21.8 Å². The van der Waals surface area contributed by atoms with Gasteiger partial charge >= 0.3 is 0 Å². The molecule has 22 heavy (non-hydrogen) atoms. The Morgan fingerprint density at radius 2 is 2.00 bits per heavy atom. The van der Waals surface area contributed by atoms with Crippen LogP contribution in [0.3, 0.4) is 0 Å². The van der Waals surface area contributed by atoms with E-state index < -0.39 is 0 Å². The Morgan fingerprint density at radius 3 is 2.77 bits per heavy atom. The van der Waals surface area contributed by atoms with E-state index in [4.69, 9.17) is 4.98 Å². The normalized spacial score (nSPS) is 19.0. The van der Waals surface area contributed by atoms with Crippen molar-refractivity contribution in [1.82, 2.24) is 9.97 Å². The molecule has 2 heterocycles. The predicted molar refractivity (Wildman–Crippen MR) is 88.8 cm³/mol. The lowest BCUT2D eigenvalue weighted by Gasteiger charge is -2.31. The lowest BCUT2D eigenvalue weighted by atomic mass is 9.75. The van der Waals surface area contributed by atoms with E-state index in [0.717, 1.165) is 51.9 Å². The molecule has 0 unspecified atom stereocenters. The molecule has 0 saturated heterocycles. The molecule has 0 atom stereocenters. The summed E-state index contributed by atoms with van der Waals surface area (Å²) >= 11 is 0. The van der Waals surface area contributed by atoms with Gasteiger partial charge in [-0.05, 0) is 31.2 Å². The topological polar surface area (TPSA) is 61.3 Å². The lowest BCUT2D eigenvalue weighted by Crippen LogP contribution is -2.29. The number of aryl methyl sites for hydroxylation is 1. The fraction of sp³-hybridized carbons (Fsp3) is 0.333. The van der Waals surface area contributed by atoms with Crippen LogP contribution >= 0.6 is 0 Å². The standard InChI is InChI=1S/C18H19N3O/c1-10-15-11-6-4-5-7-12(11)20-17(15)16-13(19-10)8-18(2,3)9-14(16)21-22/h4-7,20,22H,8-9H2,1-3H3/b21-14+. The first-order valence-electron chi connectivity index (χ1n) is 7.61. The Balaban J connectivity index is 2.16. The zero-order chi connectivity index (χ0) is 15.5. The van der Waals surface area contributed by atoms with Gasteiger partial charge in [-0.25, -0.2) is 0 Å². The highest BCUT2D eigenvalue weighted by Gasteiger charge is 2.33. The summed E-state index contributed by atoms with van der Waals surface area (Å²) in [5.74, 6) is 0. The number of aromatic nitrogens is 2. The minimum atomic E-state index is 0.0632. The van der Waals surface area contributed by atoms with Crippen LogP contribution in [0.5, 0.6) is 0 Å². The van der Waals surface area contributed by atoms with Crippen molar-refractivity contribution < 1.29 is 5.21 Å². The fourth-order valence-corrected chi connectivity index (χ4v) is 3.75. The van der Waals surface area contributed by atoms with Crippen LogP contribution in [0.2, 0.25) is 0 Å². The molecule has 0 fully saturated rings. The first-order valence-corrected chi connectivity index (χ1v) is 7.61. The van der Waals surface area contributed by atoms with E-state index in [2.05, 4.69) is 43.0 Å². The van der Waals surface area contributed by atoms with Gasteiger partial charge in [0.25, 0.3) is 0 Å². The van der Waals surface area contributed by atoms with Gasteiger partial charge in [0.15, 0.2) is 0 Å². The summed E-state index contributed by atoms with van der Waals surface area (Å²) in [6.07, 6.45) is 1.65. The van der Waals surface area contributed by atoms with E-state index in [-0.39, 0.29) is 5.41 Å². The average molecular weight is 293 g/mol. The SMILES string of the molecule is Cc1nc2c(c3[nH]c4ccccc4c13)/C(=N/O)CC(C)(C)C2. The maximum absolute atomic E-state index is 9.52. The number of fused-ring (bicyclic) bond motifs is 5. The maximum Gasteiger partial charge on any atom is 0.0912 e. The number of aromatic amines is 1. The second kappa shape index (κ2) is 4.32. The van der Waals surface area contributed by atoms with Crippen molar-refractivity contribution in [3.63, 3.8) is 0 Å². The number of nitrogens with one attached hydrogen (secondary N) is 1. The monoisotopic (exact) mass is 293 g/mol. The number of H-pyrrole nitrogens is 1. The first-order chi connectivity index (χ1) is 10.5. The third kappa shape index (κ3) is 1.76. The molecule has 1 aliphatic carbocycles. The number of pyridine rings is 1. The number of para-hydroxylation sites is 1. The van der Waals surface area contributed by atoms with Crippen molar-refractivity contribution >= 4 is 27.5 Å². The highest BCUT2D eigenvalue weighted by molar-refractivity contribution is 6.18. The van der Waals surface area contributed by atoms with Crippen LogP contribution in [0.4, 0.5) is 0 Å². The molecule has 0 spiro atoms. The van der Waals surface area contributed by atoms with Crippen LogP contribution in [0.15, 0.2) is 29.4 Å². The molecule has 4 nitrogen and oxygen atoms in total. The number of nitrogens with zero attached hydrogens (tertiary/aromatic N) is 2. The van der Waals surface area contributed by atoms with Gasteiger partial charge in [-0.15, -0.1) is 0 Å². The van der Waals surface area contributed by atoms with Gasteiger partial charge < -0.3 is 10.2 Å². The maximum atomic E-state index is 9.52. The highest BCUT2D eigenvalue weighted by atomic mass is 16.4. The zero-order valence-electron chi connectivity index (χ0n) is 13.1. The van der Waals surface area contributed by atoms with Crippen LogP contribution in [0, 0.1) is 12.3 Å². The average Bonchev–Trinajstić information content (AvgIpc) is 2.84. The smallest absolute Gasteiger partial charge is 0.0912 e. The molecule has 0 radical (unpaired) electrons. The Hall–Kier alpha value is -2.36. The van der Waals surface area contributed by atoms with Crippen LogP contribution in [-0.4, -0.2) is 20.9 Å². The molecule has 2 aromatic heterocycles. The molecule has 2 N–H and O–H groups in total. The minimum Gasteiger partial charge on any atom is -0.411 e. The second-order valence-corrected chi connectivity index (χ2v) is 7.00. The molecule has 0 saturated carbocycles. The number of benzene rings is 1. The van der Waals surface area contributed by atoms with Crippen molar-refractivity contribution in [1.29, 1.82) is 0 Å². The minimum absolute atomic E-state index is 0.0632. The van der Waals surface area contributed by atoms with Crippen molar-refractivity contribution in [2.45, 2.75) is 33.6 Å². The van der Waals surface area contributed by atoms with E-state index >= 15 is 0 Å². The molecule has 0 bridgehead atoms. The van der Waals surface area contributed by atoms with Gasteiger partial charge in [0.05, 0.1) is 16.9 Å². The first kappa shape index (κ1) is 13.3. The summed E-state index contributed by atoms with van der Waals surface area (Å²) in [4.78, 5) is 8.35. The van der Waals surface area contributed by atoms with E-state index in [1.807, 2.05) is 12.1 Å². The van der Waals surface area contributed by atoms with Crippen LogP contribution in [0.1, 0.15) is 37.2 Å². The number of hydrogen-bond acceptors (Lipinski definition) is 3. The Labute approximate surface area is 128 Å². The largest absolute Gasteiger partial charge is 0.411 e. The van der Waals surface area contributed by atoms with Crippen LogP contribution < -0.4 is 0 Å². The highest BCUT2D eigenvalue weighted by Crippen LogP contribution is 2.39. The molecule has 0 amide bonds. The molecule has 4 heteroatoms. The van der Waals surface area contributed by atoms with Gasteiger partial charge in [-0.3, -0.25) is 4.98 Å². The van der Waals surface area contributed by atoms with E-state index in [1.54, 1.807) is 0 Å². The summed E-state index contributed by atoms with van der Waals surface area (Å²) in [6, 6.07) is 8.25. The Kier molecular flexibility index (Phi) is 2.61. The van der Waals surface area contributed by atoms with Gasteiger partial charge in [-0.2, -0.15) is 0 Å². The van der Waals surface area contributed by atoms with E-state index in [1.165, 1.54) is 5.39 Å². The number of oxime groups is 1. The quantitative estimate of drug-likeness (QED) is 0.482. The molecular formula is C18H19N3O. The second-order valence-electron chi connectivity index (χ2n) is 7.00. The van der Waals surface area contributed by atoms with E-state index in [9.17, 15) is 5.21 Å². The van der Waals surface area contributed by atoms with Crippen LogP contribution in [-0.2, 0) is 6.42 Å². The molecule has 3 aromatic rings. The van der Waals surface area contributed by atoms with Crippen molar-refractivity contribution in [2.75, 3.05) is 0 Å². The summed E-state index contributed by atoms with van der Waals surface area (Å²) in [5, 5.41) is 15.4. The van der Waals surface area contributed by atoms with Gasteiger partial charge in [0, 0.05) is 27.5 Å². The van der Waals surface area contributed by atoms with Gasteiger partial charge in [0.1, 0.15) is 0 Å². The summed E-state index contributed by atoms with van der Waals surface area (Å²) in [5.41, 5.74) is 5.98. The van der Waals surface area contributed by atoms with Crippen molar-refractivity contribution in [3.05, 3.63) is 41.2 Å². The summed E-state index contributed by atoms with van der Waals surface area (Å²) in [7, 11) is 0. The van der Waals surface area contributed by atoms with E-state index in [0.29, 0.717) is 0 Å². The third-order valence-corrected chi connectivity index (χ3v) is 4.61. The fourth-order valence-electron chi connectivity index (χ4n) is 3.75. The Morgan fingerprint density at radius 1 is 1.23 bits per heavy atom. The predicted octanol–water partition coefficient (Wildman–Crippen LogP) is 4.18. The zero-order valence-corrected chi connectivity index (χ0v) is 13.1. The molecule has 4 rings (SSSR count). The Bertz CT molecular complexity index is 934. The van der Waals surface area contributed by atoms with Gasteiger partial charge in [-0.1, -0.05) is 37.2 Å². The van der Waals surface area contributed by atoms with Crippen molar-refractivity contribution in [3.8, 4) is 0 Å². The molecule has 1 aromatic carbocycles. The lowest BCUT2D eigenvalue weighted by molar-refractivity contribution is 0.306. The molecule has 112 valence electrons. The summed E-state index contributed by atoms with van der Waals surface area (Å²) < 4.78 is 0. The summed E-state index contributed by atoms with van der Waals surface area (Å²) in [6.45, 7) is 6.43. The molecular weight excluding hydrogens is 274 g/mol. The number of rotatable bonds is 0. The van der Waals surface area contributed by atoms with Gasteiger partial charge in [0.2, 0.25) is 0 Å². The van der Waals surface area contributed by atoms with Crippen molar-refractivity contribution in [2.24, 2.45) is 10.6 Å². The number of hydrogen-bond donors (Lipinski definition) is 2.